The molecule has 0 radical (unpaired) electrons. The molecule has 2 N–H and O–H groups in total. The number of carbonyl (C=O) groups is 1. The van der Waals surface area contributed by atoms with Crippen molar-refractivity contribution in [2.24, 2.45) is 18.9 Å². The van der Waals surface area contributed by atoms with E-state index in [1.54, 1.807) is 34.7 Å². The summed E-state index contributed by atoms with van der Waals surface area (Å²) < 4.78 is 36.5. The number of fused-ring (bicyclic) bond motifs is 1. The Morgan fingerprint density at radius 1 is 1.23 bits per heavy atom. The summed E-state index contributed by atoms with van der Waals surface area (Å²) in [5.74, 6) is 1.16. The number of likely N-dealkylation sites (N-methyl/N-ethyl adjacent to an activating group) is 1. The summed E-state index contributed by atoms with van der Waals surface area (Å²) >= 11 is 0. The summed E-state index contributed by atoms with van der Waals surface area (Å²) in [6.07, 6.45) is 9.15. The Labute approximate surface area is 232 Å². The first-order valence-electron chi connectivity index (χ1n) is 13.9. The zero-order chi connectivity index (χ0) is 28.2. The van der Waals surface area contributed by atoms with Gasteiger partial charge < -0.3 is 24.2 Å². The predicted octanol–water partition coefficient (Wildman–Crippen LogP) is 2.88. The molecular formula is C28H43N5O5S. The van der Waals surface area contributed by atoms with E-state index in [0.717, 1.165) is 6.54 Å². The minimum atomic E-state index is -3.89. The number of aromatic nitrogens is 2. The van der Waals surface area contributed by atoms with Crippen LogP contribution < -0.4 is 9.46 Å². The Morgan fingerprint density at radius 2 is 1.97 bits per heavy atom. The fourth-order valence-electron chi connectivity index (χ4n) is 5.64. The van der Waals surface area contributed by atoms with Gasteiger partial charge in [-0.15, -0.1) is 0 Å². The lowest BCUT2D eigenvalue weighted by molar-refractivity contribution is -0.134. The number of nitrogens with one attached hydrogen (secondary N) is 1. The monoisotopic (exact) mass is 561 g/mol. The van der Waals surface area contributed by atoms with Crippen molar-refractivity contribution < 1.29 is 23.1 Å². The molecule has 10 nitrogen and oxygen atoms in total. The van der Waals surface area contributed by atoms with E-state index in [9.17, 15) is 18.3 Å². The van der Waals surface area contributed by atoms with Gasteiger partial charge in [0.15, 0.2) is 5.03 Å². The smallest absolute Gasteiger partial charge is 0.280 e. The van der Waals surface area contributed by atoms with Crippen LogP contribution in [0.25, 0.3) is 0 Å². The maximum Gasteiger partial charge on any atom is 0.280 e. The van der Waals surface area contributed by atoms with Gasteiger partial charge in [-0.2, -0.15) is 8.42 Å². The predicted molar refractivity (Wildman–Crippen MR) is 150 cm³/mol. The van der Waals surface area contributed by atoms with Crippen molar-refractivity contribution in [3.63, 3.8) is 0 Å². The second-order valence-electron chi connectivity index (χ2n) is 11.4. The first-order chi connectivity index (χ1) is 18.6. The van der Waals surface area contributed by atoms with Gasteiger partial charge in [-0.05, 0) is 50.9 Å². The van der Waals surface area contributed by atoms with Crippen molar-refractivity contribution in [1.82, 2.24) is 19.4 Å². The fourth-order valence-corrected chi connectivity index (χ4v) is 6.67. The number of carbonyl (C=O) groups excluding carboxylic acids is 1. The number of aliphatic hydroxyl groups excluding tert-OH is 1. The summed E-state index contributed by atoms with van der Waals surface area (Å²) in [5.41, 5.74) is 0.932. The molecule has 1 aliphatic heterocycles. The van der Waals surface area contributed by atoms with Crippen LogP contribution in [0.2, 0.25) is 0 Å². The molecule has 1 fully saturated rings. The van der Waals surface area contributed by atoms with E-state index in [1.165, 1.54) is 44.6 Å². The Bertz CT molecular complexity index is 1230. The number of aryl methyl sites for hydroxylation is 1. The van der Waals surface area contributed by atoms with E-state index in [1.807, 2.05) is 6.92 Å². The molecule has 4 rings (SSSR count). The number of nitrogens with zero attached hydrogens (tertiary/aromatic N) is 4. The van der Waals surface area contributed by atoms with Gasteiger partial charge >= 0.3 is 0 Å². The van der Waals surface area contributed by atoms with Gasteiger partial charge in [-0.25, -0.2) is 4.98 Å². The summed E-state index contributed by atoms with van der Waals surface area (Å²) in [4.78, 5) is 21.4. The summed E-state index contributed by atoms with van der Waals surface area (Å²) in [5, 5.41) is 9.79. The lowest BCUT2D eigenvalue weighted by atomic mass is 9.89. The van der Waals surface area contributed by atoms with Crippen molar-refractivity contribution >= 4 is 21.6 Å². The van der Waals surface area contributed by atoms with E-state index in [-0.39, 0.29) is 42.0 Å². The molecule has 2 aliphatic rings. The topological polar surface area (TPSA) is 117 Å². The highest BCUT2D eigenvalue weighted by Crippen LogP contribution is 2.30. The van der Waals surface area contributed by atoms with Crippen molar-refractivity contribution in [2.45, 2.75) is 69.5 Å². The molecular weight excluding hydrogens is 518 g/mol. The van der Waals surface area contributed by atoms with Crippen molar-refractivity contribution in [3.05, 3.63) is 36.3 Å². The van der Waals surface area contributed by atoms with Crippen molar-refractivity contribution in [1.29, 1.82) is 0 Å². The number of rotatable bonds is 9. The number of hydrogen-bond acceptors (Lipinski definition) is 7. The fraction of sp³-hybridized carbons (Fsp3) is 0.643. The second-order valence-corrected chi connectivity index (χ2v) is 13.0. The number of ether oxygens (including phenoxy) is 1. The van der Waals surface area contributed by atoms with E-state index < -0.39 is 10.0 Å². The molecule has 1 aromatic carbocycles. The van der Waals surface area contributed by atoms with Crippen LogP contribution in [0, 0.1) is 11.8 Å². The molecule has 39 heavy (non-hydrogen) atoms. The zero-order valence-electron chi connectivity index (χ0n) is 23.5. The molecule has 1 saturated carbocycles. The minimum Gasteiger partial charge on any atom is -0.488 e. The molecule has 3 atom stereocenters. The normalized spacial score (nSPS) is 22.0. The molecule has 2 aromatic rings. The third-order valence-electron chi connectivity index (χ3n) is 7.91. The third kappa shape index (κ3) is 7.52. The third-order valence-corrected chi connectivity index (χ3v) is 9.18. The molecule has 0 saturated heterocycles. The largest absolute Gasteiger partial charge is 0.488 e. The van der Waals surface area contributed by atoms with Crippen molar-refractivity contribution in [3.8, 4) is 5.75 Å². The van der Waals surface area contributed by atoms with Crippen LogP contribution in [0.5, 0.6) is 5.75 Å². The van der Waals surface area contributed by atoms with Gasteiger partial charge in [0.25, 0.3) is 10.0 Å². The first kappa shape index (κ1) is 29.4. The van der Waals surface area contributed by atoms with Crippen LogP contribution >= 0.6 is 0 Å². The molecule has 1 aromatic heterocycles. The molecule has 216 valence electrons. The number of aliphatic hydroxyl groups is 1. The van der Waals surface area contributed by atoms with E-state index in [0.29, 0.717) is 36.0 Å². The Balaban J connectivity index is 1.60. The molecule has 0 unspecified atom stereocenters. The average molecular weight is 562 g/mol. The number of hydrogen-bond donors (Lipinski definition) is 2. The van der Waals surface area contributed by atoms with Crippen LogP contribution in [-0.2, 0) is 28.3 Å². The second kappa shape index (κ2) is 12.7. The standard InChI is InChI=1S/C28H43N5O5S/c1-20-14-33(21(2)18-34)28(35)13-23-12-24(30-39(36,37)27-17-32(4)19-29-27)10-11-25(23)38-26(20)16-31(3)15-22-8-6-5-7-9-22/h10-12,17,19-22,26,30,34H,5-9,13-16,18H2,1-4H3/t20-,21-,26-/m0/s1. The summed E-state index contributed by atoms with van der Waals surface area (Å²) in [7, 11) is -0.0589. The van der Waals surface area contributed by atoms with Crippen molar-refractivity contribution in [2.75, 3.05) is 38.0 Å². The SMILES string of the molecule is C[C@H]1CN([C@@H](C)CO)C(=O)Cc2cc(NS(=O)(=O)c3cn(C)cn3)ccc2O[C@H]1CN(C)CC1CCCCC1. The van der Waals surface area contributed by atoms with Gasteiger partial charge in [-0.3, -0.25) is 9.52 Å². The molecule has 0 bridgehead atoms. The van der Waals surface area contributed by atoms with Gasteiger partial charge in [0.2, 0.25) is 5.91 Å². The van der Waals surface area contributed by atoms with Gasteiger partial charge in [0.1, 0.15) is 11.9 Å². The number of sulfonamides is 1. The summed E-state index contributed by atoms with van der Waals surface area (Å²) in [6.45, 7) is 5.98. The average Bonchev–Trinajstić information content (AvgIpc) is 3.36. The number of benzene rings is 1. The van der Waals surface area contributed by atoms with Gasteiger partial charge in [-0.1, -0.05) is 26.2 Å². The molecule has 1 aliphatic carbocycles. The van der Waals surface area contributed by atoms with Crippen LogP contribution in [0.4, 0.5) is 5.69 Å². The Kier molecular flexibility index (Phi) is 9.56. The highest BCUT2D eigenvalue weighted by atomic mass is 32.2. The molecule has 11 heteroatoms. The molecule has 2 heterocycles. The lowest BCUT2D eigenvalue weighted by Gasteiger charge is -2.35. The zero-order valence-corrected chi connectivity index (χ0v) is 24.4. The van der Waals surface area contributed by atoms with E-state index in [2.05, 4.69) is 28.6 Å². The Morgan fingerprint density at radius 3 is 2.64 bits per heavy atom. The van der Waals surface area contributed by atoms with Crippen LogP contribution in [-0.4, -0.2) is 84.2 Å². The number of anilines is 1. The first-order valence-corrected chi connectivity index (χ1v) is 15.4. The van der Waals surface area contributed by atoms with Crippen LogP contribution in [0.1, 0.15) is 51.5 Å². The quantitative estimate of drug-likeness (QED) is 0.484. The van der Waals surface area contributed by atoms with Crippen LogP contribution in [0.3, 0.4) is 0 Å². The summed E-state index contributed by atoms with van der Waals surface area (Å²) in [6, 6.07) is 4.72. The van der Waals surface area contributed by atoms with Crippen LogP contribution in [0.15, 0.2) is 35.7 Å². The number of imidazole rings is 1. The van der Waals surface area contributed by atoms with Gasteiger partial charge in [0.05, 0.1) is 25.4 Å². The van der Waals surface area contributed by atoms with E-state index >= 15 is 0 Å². The Hall–Kier alpha value is -2.63. The lowest BCUT2D eigenvalue weighted by Crippen LogP contribution is -2.48. The van der Waals surface area contributed by atoms with Gasteiger partial charge in [0, 0.05) is 50.0 Å². The maximum atomic E-state index is 13.4. The molecule has 0 spiro atoms. The number of amides is 1. The van der Waals surface area contributed by atoms with E-state index in [4.69, 9.17) is 4.74 Å². The molecule has 1 amide bonds. The minimum absolute atomic E-state index is 0.0186. The maximum absolute atomic E-state index is 13.4. The highest BCUT2D eigenvalue weighted by molar-refractivity contribution is 7.92. The highest BCUT2D eigenvalue weighted by Gasteiger charge is 2.32.